The predicted octanol–water partition coefficient (Wildman–Crippen LogP) is 0.505. The van der Waals surface area contributed by atoms with Gasteiger partial charge in [-0.15, -0.1) is 0 Å². The molecule has 0 aliphatic carbocycles. The van der Waals surface area contributed by atoms with E-state index in [4.69, 9.17) is 4.42 Å². The number of amides is 1. The minimum absolute atomic E-state index is 0.117. The van der Waals surface area contributed by atoms with E-state index in [1.165, 1.54) is 0 Å². The summed E-state index contributed by atoms with van der Waals surface area (Å²) in [4.78, 5) is 11.5. The second-order valence-electron chi connectivity index (χ2n) is 3.49. The molecule has 76 valence electrons. The molecule has 1 saturated heterocycles. The van der Waals surface area contributed by atoms with Crippen LogP contribution in [-0.2, 0) is 11.3 Å². The fourth-order valence-electron chi connectivity index (χ4n) is 1.61. The third-order valence-electron chi connectivity index (χ3n) is 2.45. The van der Waals surface area contributed by atoms with Crippen LogP contribution in [0.2, 0.25) is 0 Å². The van der Waals surface area contributed by atoms with Gasteiger partial charge in [-0.05, 0) is 25.1 Å². The summed E-state index contributed by atoms with van der Waals surface area (Å²) in [5, 5.41) is 6.02. The zero-order valence-corrected chi connectivity index (χ0v) is 7.95. The van der Waals surface area contributed by atoms with Gasteiger partial charge in [-0.2, -0.15) is 0 Å². The fraction of sp³-hybridized carbons (Fsp3) is 0.500. The molecule has 1 fully saturated rings. The Bertz CT molecular complexity index is 289. The Morgan fingerprint density at radius 3 is 3.29 bits per heavy atom. The number of carbonyl (C=O) groups is 1. The molecule has 4 heteroatoms. The Hall–Kier alpha value is -1.29. The van der Waals surface area contributed by atoms with E-state index in [0.717, 1.165) is 25.3 Å². The lowest BCUT2D eigenvalue weighted by Crippen LogP contribution is -2.31. The second kappa shape index (κ2) is 4.28. The molecule has 1 aromatic heterocycles. The molecule has 14 heavy (non-hydrogen) atoms. The summed E-state index contributed by atoms with van der Waals surface area (Å²) >= 11 is 0. The van der Waals surface area contributed by atoms with Crippen molar-refractivity contribution >= 4 is 5.91 Å². The summed E-state index contributed by atoms with van der Waals surface area (Å²) in [6, 6.07) is 3.67. The fourth-order valence-corrected chi connectivity index (χ4v) is 1.61. The normalized spacial score (nSPS) is 21.0. The summed E-state index contributed by atoms with van der Waals surface area (Å²) in [6.45, 7) is 2.23. The van der Waals surface area contributed by atoms with Crippen LogP contribution >= 0.6 is 0 Å². The van der Waals surface area contributed by atoms with Crippen molar-refractivity contribution in [2.24, 2.45) is 5.92 Å². The van der Waals surface area contributed by atoms with Crippen LogP contribution in [-0.4, -0.2) is 19.0 Å². The quantitative estimate of drug-likeness (QED) is 0.737. The largest absolute Gasteiger partial charge is 0.467 e. The van der Waals surface area contributed by atoms with Gasteiger partial charge in [0, 0.05) is 6.54 Å². The van der Waals surface area contributed by atoms with Crippen molar-refractivity contribution in [3.05, 3.63) is 24.2 Å². The first kappa shape index (κ1) is 9.27. The highest BCUT2D eigenvalue weighted by molar-refractivity contribution is 5.79. The third-order valence-corrected chi connectivity index (χ3v) is 2.45. The SMILES string of the molecule is O=C(NCc1ccco1)C1CCNC1. The monoisotopic (exact) mass is 194 g/mol. The summed E-state index contributed by atoms with van der Waals surface area (Å²) < 4.78 is 5.12. The molecule has 1 unspecified atom stereocenters. The lowest BCUT2D eigenvalue weighted by atomic mass is 10.1. The molecule has 2 heterocycles. The van der Waals surface area contributed by atoms with Crippen LogP contribution in [0, 0.1) is 5.92 Å². The number of rotatable bonds is 3. The summed E-state index contributed by atoms with van der Waals surface area (Å²) in [5.41, 5.74) is 0. The van der Waals surface area contributed by atoms with E-state index in [1.807, 2.05) is 12.1 Å². The first-order valence-corrected chi connectivity index (χ1v) is 4.87. The number of nitrogens with one attached hydrogen (secondary N) is 2. The summed E-state index contributed by atoms with van der Waals surface area (Å²) in [5.74, 6) is 1.04. The van der Waals surface area contributed by atoms with Gasteiger partial charge in [0.1, 0.15) is 5.76 Å². The number of hydrogen-bond donors (Lipinski definition) is 2. The Kier molecular flexibility index (Phi) is 2.84. The molecule has 4 nitrogen and oxygen atoms in total. The average Bonchev–Trinajstić information content (AvgIpc) is 2.87. The van der Waals surface area contributed by atoms with Crippen molar-refractivity contribution in [2.45, 2.75) is 13.0 Å². The van der Waals surface area contributed by atoms with Gasteiger partial charge in [-0.1, -0.05) is 0 Å². The first-order chi connectivity index (χ1) is 6.86. The van der Waals surface area contributed by atoms with E-state index in [-0.39, 0.29) is 11.8 Å². The van der Waals surface area contributed by atoms with Crippen LogP contribution in [0.5, 0.6) is 0 Å². The van der Waals surface area contributed by atoms with Gasteiger partial charge >= 0.3 is 0 Å². The molecule has 0 radical (unpaired) electrons. The maximum absolute atomic E-state index is 11.5. The topological polar surface area (TPSA) is 54.3 Å². The van der Waals surface area contributed by atoms with Gasteiger partial charge in [-0.25, -0.2) is 0 Å². The van der Waals surface area contributed by atoms with Gasteiger partial charge in [0.25, 0.3) is 0 Å². The Labute approximate surface area is 82.7 Å². The number of hydrogen-bond acceptors (Lipinski definition) is 3. The molecular formula is C10H14N2O2. The molecule has 0 bridgehead atoms. The zero-order valence-electron chi connectivity index (χ0n) is 7.95. The molecule has 1 aliphatic heterocycles. The third kappa shape index (κ3) is 2.14. The summed E-state index contributed by atoms with van der Waals surface area (Å²) in [7, 11) is 0. The van der Waals surface area contributed by atoms with Crippen molar-refractivity contribution in [3.8, 4) is 0 Å². The van der Waals surface area contributed by atoms with Crippen LogP contribution in [0.3, 0.4) is 0 Å². The molecule has 0 saturated carbocycles. The summed E-state index contributed by atoms with van der Waals surface area (Å²) in [6.07, 6.45) is 2.54. The molecule has 1 aromatic rings. The van der Waals surface area contributed by atoms with E-state index < -0.39 is 0 Å². The smallest absolute Gasteiger partial charge is 0.224 e. The Morgan fingerprint density at radius 1 is 1.71 bits per heavy atom. The van der Waals surface area contributed by atoms with E-state index >= 15 is 0 Å². The van der Waals surface area contributed by atoms with E-state index in [0.29, 0.717) is 6.54 Å². The van der Waals surface area contributed by atoms with E-state index in [9.17, 15) is 4.79 Å². The van der Waals surface area contributed by atoms with Crippen LogP contribution in [0.1, 0.15) is 12.2 Å². The van der Waals surface area contributed by atoms with Gasteiger partial charge in [0.05, 0.1) is 18.7 Å². The number of furan rings is 1. The van der Waals surface area contributed by atoms with Crippen LogP contribution in [0.4, 0.5) is 0 Å². The highest BCUT2D eigenvalue weighted by Crippen LogP contribution is 2.07. The molecule has 1 aliphatic rings. The second-order valence-corrected chi connectivity index (χ2v) is 3.49. The zero-order chi connectivity index (χ0) is 9.80. The van der Waals surface area contributed by atoms with Gasteiger partial charge in [0.2, 0.25) is 5.91 Å². The van der Waals surface area contributed by atoms with Gasteiger partial charge < -0.3 is 15.1 Å². The lowest BCUT2D eigenvalue weighted by molar-refractivity contribution is -0.124. The molecule has 2 N–H and O–H groups in total. The highest BCUT2D eigenvalue weighted by Gasteiger charge is 2.21. The molecule has 1 amide bonds. The van der Waals surface area contributed by atoms with Gasteiger partial charge in [0.15, 0.2) is 0 Å². The van der Waals surface area contributed by atoms with Crippen molar-refractivity contribution < 1.29 is 9.21 Å². The van der Waals surface area contributed by atoms with Crippen molar-refractivity contribution in [1.82, 2.24) is 10.6 Å². The molecule has 1 atom stereocenters. The maximum Gasteiger partial charge on any atom is 0.224 e. The average molecular weight is 194 g/mol. The molecule has 0 spiro atoms. The minimum Gasteiger partial charge on any atom is -0.467 e. The van der Waals surface area contributed by atoms with Crippen molar-refractivity contribution in [2.75, 3.05) is 13.1 Å². The van der Waals surface area contributed by atoms with Crippen LogP contribution in [0.15, 0.2) is 22.8 Å². The maximum atomic E-state index is 11.5. The first-order valence-electron chi connectivity index (χ1n) is 4.87. The minimum atomic E-state index is 0.117. The standard InChI is InChI=1S/C10H14N2O2/c13-10(8-3-4-11-6-8)12-7-9-2-1-5-14-9/h1-2,5,8,11H,3-4,6-7H2,(H,12,13). The predicted molar refractivity (Wildman–Crippen MR) is 51.5 cm³/mol. The van der Waals surface area contributed by atoms with Gasteiger partial charge in [-0.3, -0.25) is 4.79 Å². The van der Waals surface area contributed by atoms with Crippen LogP contribution < -0.4 is 10.6 Å². The van der Waals surface area contributed by atoms with E-state index in [2.05, 4.69) is 10.6 Å². The molecule has 0 aromatic carbocycles. The van der Waals surface area contributed by atoms with Crippen LogP contribution in [0.25, 0.3) is 0 Å². The van der Waals surface area contributed by atoms with Crippen molar-refractivity contribution in [1.29, 1.82) is 0 Å². The Balaban J connectivity index is 1.77. The molecular weight excluding hydrogens is 180 g/mol. The lowest BCUT2D eigenvalue weighted by Gasteiger charge is -2.07. The number of carbonyl (C=O) groups excluding carboxylic acids is 1. The highest BCUT2D eigenvalue weighted by atomic mass is 16.3. The van der Waals surface area contributed by atoms with E-state index in [1.54, 1.807) is 6.26 Å². The Morgan fingerprint density at radius 2 is 2.64 bits per heavy atom. The molecule has 2 rings (SSSR count). The van der Waals surface area contributed by atoms with Crippen molar-refractivity contribution in [3.63, 3.8) is 0 Å².